The highest BCUT2D eigenvalue weighted by molar-refractivity contribution is 6.05. The monoisotopic (exact) mass is 800 g/mol. The second kappa shape index (κ2) is 27.0. The lowest BCUT2D eigenvalue weighted by atomic mass is 9.93. The van der Waals surface area contributed by atoms with Crippen LogP contribution in [0, 0.1) is 29.7 Å². The van der Waals surface area contributed by atoms with E-state index in [1.807, 2.05) is 127 Å². The summed E-state index contributed by atoms with van der Waals surface area (Å²) in [6.45, 7) is 11.2. The van der Waals surface area contributed by atoms with E-state index in [0.29, 0.717) is 46.2 Å². The van der Waals surface area contributed by atoms with Gasteiger partial charge in [0.2, 0.25) is 0 Å². The van der Waals surface area contributed by atoms with E-state index >= 15 is 0 Å². The highest BCUT2D eigenvalue weighted by atomic mass is 16.6. The van der Waals surface area contributed by atoms with Crippen LogP contribution in [0.1, 0.15) is 84.1 Å². The molecule has 0 radical (unpaired) electrons. The van der Waals surface area contributed by atoms with Gasteiger partial charge in [0.25, 0.3) is 5.70 Å². The van der Waals surface area contributed by atoms with Crippen LogP contribution < -0.4 is 0 Å². The van der Waals surface area contributed by atoms with Crippen LogP contribution in [0.4, 0.5) is 0 Å². The molecule has 0 amide bonds. The van der Waals surface area contributed by atoms with Crippen molar-refractivity contribution >= 4 is 35.0 Å². The Kier molecular flexibility index (Phi) is 23.0. The van der Waals surface area contributed by atoms with Gasteiger partial charge in [0.05, 0.1) is 33.0 Å². The van der Waals surface area contributed by atoms with Crippen molar-refractivity contribution in [3.8, 4) is 6.07 Å². The molecule has 10 heteroatoms. The molecule has 59 heavy (non-hydrogen) atoms. The molecule has 2 unspecified atom stereocenters. The van der Waals surface area contributed by atoms with Gasteiger partial charge in [0.1, 0.15) is 11.6 Å². The first-order valence-corrected chi connectivity index (χ1v) is 18.3. The molecule has 0 aliphatic carbocycles. The molecule has 4 rings (SSSR count). The smallest absolute Gasteiger partial charge is 0.349 e. The Balaban J connectivity index is 0.00000580. The van der Waals surface area contributed by atoms with Crippen LogP contribution in [-0.4, -0.2) is 50.3 Å². The molecule has 310 valence electrons. The molecule has 10 nitrogen and oxygen atoms in total. The fourth-order valence-corrected chi connectivity index (χ4v) is 5.55. The Labute approximate surface area is 349 Å². The van der Waals surface area contributed by atoms with E-state index < -0.39 is 23.9 Å². The summed E-state index contributed by atoms with van der Waals surface area (Å²) < 4.78 is 21.6. The Morgan fingerprint density at radius 3 is 1.20 bits per heavy atom. The van der Waals surface area contributed by atoms with E-state index in [1.54, 1.807) is 13.8 Å². The van der Waals surface area contributed by atoms with Crippen molar-refractivity contribution in [2.24, 2.45) is 11.8 Å². The Morgan fingerprint density at radius 1 is 0.542 bits per heavy atom. The third-order valence-electron chi connectivity index (χ3n) is 8.43. The molecule has 0 aromatic heterocycles. The minimum absolute atomic E-state index is 0. The molecule has 0 saturated carbocycles. The zero-order chi connectivity index (χ0) is 40.1. The molecule has 0 aliphatic heterocycles. The Bertz CT molecular complexity index is 1830. The minimum Gasteiger partial charge on any atom is -0.470 e. The molecule has 0 fully saturated rings. The van der Waals surface area contributed by atoms with Crippen molar-refractivity contribution in [3.63, 3.8) is 0 Å². The lowest BCUT2D eigenvalue weighted by Crippen LogP contribution is -2.20. The van der Waals surface area contributed by atoms with Crippen LogP contribution in [0.3, 0.4) is 0 Å². The van der Waals surface area contributed by atoms with Crippen molar-refractivity contribution in [1.82, 2.24) is 0 Å². The van der Waals surface area contributed by atoms with E-state index in [9.17, 15) is 24.4 Å². The van der Waals surface area contributed by atoms with E-state index in [0.717, 1.165) is 0 Å². The second-order valence-corrected chi connectivity index (χ2v) is 13.1. The fourth-order valence-electron chi connectivity index (χ4n) is 5.55. The number of hydrogen-bond donors (Lipinski definition) is 0. The number of nitrogens with zero attached hydrogens (tertiary/aromatic N) is 2. The van der Waals surface area contributed by atoms with E-state index in [-0.39, 0.29) is 84.7 Å². The Hall–Kier alpha value is -6.78. The van der Waals surface area contributed by atoms with Gasteiger partial charge in [-0.05, 0) is 35.1 Å². The van der Waals surface area contributed by atoms with E-state index in [2.05, 4.69) is 4.85 Å². The molecule has 0 N–H and O–H groups in total. The standard InChI is InChI=1S/C46H44N2O8.3CH4/c1-33(31-55-45(51)39(28-47)42(35-18-8-4-9-19-35)36-20-10-5-11-21-36)29-53-40(49)26-16-17-27-41(50)54-30-34(2)32-56-46(52)44(48-3)43(37-22-12-6-13-23-37)38-24-14-7-15-25-38;;;/h4-15,18-25,33-34H,16-17,26-27,29-32H2,1-2H3;3*1H4. The maximum absolute atomic E-state index is 13.1. The quantitative estimate of drug-likeness (QED) is 0.0227. The normalized spacial score (nSPS) is 10.8. The van der Waals surface area contributed by atoms with Crippen molar-refractivity contribution in [2.75, 3.05) is 26.4 Å². The molecule has 2 atom stereocenters. The van der Waals surface area contributed by atoms with Gasteiger partial charge >= 0.3 is 23.9 Å². The Morgan fingerprint density at radius 2 is 0.864 bits per heavy atom. The van der Waals surface area contributed by atoms with Crippen LogP contribution >= 0.6 is 0 Å². The lowest BCUT2D eigenvalue weighted by Gasteiger charge is -2.15. The van der Waals surface area contributed by atoms with Crippen molar-refractivity contribution in [2.45, 2.75) is 61.8 Å². The number of nitriles is 1. The predicted octanol–water partition coefficient (Wildman–Crippen LogP) is 10.3. The molecule has 0 saturated heterocycles. The van der Waals surface area contributed by atoms with Crippen molar-refractivity contribution < 1.29 is 38.1 Å². The van der Waals surface area contributed by atoms with Crippen LogP contribution in [-0.2, 0) is 38.1 Å². The maximum atomic E-state index is 13.1. The molecular formula is C49H56N2O8. The summed E-state index contributed by atoms with van der Waals surface area (Å²) in [6.07, 6.45) is 0.992. The van der Waals surface area contributed by atoms with Gasteiger partial charge in [-0.25, -0.2) is 9.64 Å². The van der Waals surface area contributed by atoms with Crippen LogP contribution in [0.15, 0.2) is 133 Å². The number of esters is 4. The summed E-state index contributed by atoms with van der Waals surface area (Å²) >= 11 is 0. The van der Waals surface area contributed by atoms with Gasteiger partial charge in [0.15, 0.2) is 0 Å². The fraction of sp³-hybridized carbons (Fsp3) is 0.306. The molecule has 0 spiro atoms. The number of rotatable bonds is 19. The second-order valence-electron chi connectivity index (χ2n) is 13.1. The van der Waals surface area contributed by atoms with Gasteiger partial charge in [-0.1, -0.05) is 157 Å². The first kappa shape index (κ1) is 50.2. The first-order chi connectivity index (χ1) is 27.2. The molecular weight excluding hydrogens is 745 g/mol. The van der Waals surface area contributed by atoms with Crippen molar-refractivity contribution in [1.29, 1.82) is 5.26 Å². The third-order valence-corrected chi connectivity index (χ3v) is 8.43. The average molecular weight is 801 g/mol. The number of ether oxygens (including phenoxy) is 4. The third kappa shape index (κ3) is 15.9. The summed E-state index contributed by atoms with van der Waals surface area (Å²) in [6, 6.07) is 38.7. The number of hydrogen-bond acceptors (Lipinski definition) is 9. The predicted molar refractivity (Wildman–Crippen MR) is 231 cm³/mol. The van der Waals surface area contributed by atoms with E-state index in [4.69, 9.17) is 25.5 Å². The van der Waals surface area contributed by atoms with Gasteiger partial charge in [-0.15, -0.1) is 0 Å². The first-order valence-electron chi connectivity index (χ1n) is 18.3. The molecule has 4 aromatic carbocycles. The number of unbranched alkanes of at least 4 members (excludes halogenated alkanes) is 1. The van der Waals surface area contributed by atoms with Gasteiger partial charge < -0.3 is 18.9 Å². The van der Waals surface area contributed by atoms with Crippen LogP contribution in [0.2, 0.25) is 0 Å². The number of carbonyl (C=O) groups is 4. The molecule has 0 bridgehead atoms. The highest BCUT2D eigenvalue weighted by Gasteiger charge is 2.23. The summed E-state index contributed by atoms with van der Waals surface area (Å²) in [4.78, 5) is 54.3. The van der Waals surface area contributed by atoms with Gasteiger partial charge in [0, 0.05) is 35.8 Å². The zero-order valence-electron chi connectivity index (χ0n) is 31.5. The zero-order valence-corrected chi connectivity index (χ0v) is 31.5. The van der Waals surface area contributed by atoms with E-state index in [1.165, 1.54) is 0 Å². The maximum Gasteiger partial charge on any atom is 0.349 e. The summed E-state index contributed by atoms with van der Waals surface area (Å²) in [5.41, 5.74) is 3.53. The summed E-state index contributed by atoms with van der Waals surface area (Å²) in [7, 11) is 0. The molecule has 4 aromatic rings. The number of benzene rings is 4. The molecule has 0 aliphatic rings. The van der Waals surface area contributed by atoms with Gasteiger partial charge in [-0.2, -0.15) is 5.26 Å². The minimum atomic E-state index is -0.765. The largest absolute Gasteiger partial charge is 0.470 e. The average Bonchev–Trinajstić information content (AvgIpc) is 3.24. The lowest BCUT2D eigenvalue weighted by molar-refractivity contribution is -0.149. The van der Waals surface area contributed by atoms with Crippen LogP contribution in [0.5, 0.6) is 0 Å². The van der Waals surface area contributed by atoms with Crippen LogP contribution in [0.25, 0.3) is 16.0 Å². The molecule has 0 heterocycles. The summed E-state index contributed by atoms with van der Waals surface area (Å²) in [5.74, 6) is -3.06. The topological polar surface area (TPSA) is 133 Å². The van der Waals surface area contributed by atoms with Gasteiger partial charge in [-0.3, -0.25) is 14.4 Å². The summed E-state index contributed by atoms with van der Waals surface area (Å²) in [5, 5.41) is 9.93. The highest BCUT2D eigenvalue weighted by Crippen LogP contribution is 2.29. The van der Waals surface area contributed by atoms with Crippen molar-refractivity contribution in [3.05, 3.63) is 166 Å². The SMILES string of the molecule is C.C.C.[C-]#[N+]C(C(=O)OCC(C)COC(=O)CCCCC(=O)OCC(C)COC(=O)C(C#N)=C(c1ccccc1)c1ccccc1)=C(c1ccccc1)c1ccccc1. The number of carbonyl (C=O) groups excluding carboxylic acids is 4.